The van der Waals surface area contributed by atoms with Crippen LogP contribution in [-0.4, -0.2) is 20.3 Å². The molecule has 0 aliphatic heterocycles. The summed E-state index contributed by atoms with van der Waals surface area (Å²) < 4.78 is 27.5. The first-order chi connectivity index (χ1) is 8.10. The SMILES string of the molecule is CC(C)(C)CC(Cl)CNS(=O)(=O)c1ccc(Br)s1. The minimum absolute atomic E-state index is 0.0871. The highest BCUT2D eigenvalue weighted by Gasteiger charge is 2.21. The third-order valence-electron chi connectivity index (χ3n) is 2.14. The lowest BCUT2D eigenvalue weighted by atomic mass is 9.90. The van der Waals surface area contributed by atoms with Crippen LogP contribution in [0.5, 0.6) is 0 Å². The number of halogens is 2. The normalized spacial score (nSPS) is 14.7. The van der Waals surface area contributed by atoms with Crippen molar-refractivity contribution in [3.8, 4) is 0 Å². The summed E-state index contributed by atoms with van der Waals surface area (Å²) in [5.74, 6) is 0. The lowest BCUT2D eigenvalue weighted by Crippen LogP contribution is -2.31. The van der Waals surface area contributed by atoms with E-state index in [1.807, 2.05) is 0 Å². The van der Waals surface area contributed by atoms with Crippen LogP contribution in [0.4, 0.5) is 0 Å². The smallest absolute Gasteiger partial charge is 0.209 e. The van der Waals surface area contributed by atoms with Gasteiger partial charge in [-0.1, -0.05) is 20.8 Å². The van der Waals surface area contributed by atoms with Gasteiger partial charge < -0.3 is 0 Å². The van der Waals surface area contributed by atoms with Crippen LogP contribution in [0.3, 0.4) is 0 Å². The molecule has 0 aliphatic rings. The van der Waals surface area contributed by atoms with Crippen LogP contribution in [-0.2, 0) is 10.0 Å². The van der Waals surface area contributed by atoms with Gasteiger partial charge in [0.05, 0.1) is 3.79 Å². The van der Waals surface area contributed by atoms with Gasteiger partial charge in [0.25, 0.3) is 0 Å². The number of sulfonamides is 1. The largest absolute Gasteiger partial charge is 0.250 e. The van der Waals surface area contributed by atoms with Gasteiger partial charge in [0, 0.05) is 11.9 Å². The second kappa shape index (κ2) is 6.22. The molecule has 1 unspecified atom stereocenters. The Kier molecular flexibility index (Phi) is 5.68. The first-order valence-electron chi connectivity index (χ1n) is 5.49. The fraction of sp³-hybridized carbons (Fsp3) is 0.636. The second-order valence-electron chi connectivity index (χ2n) is 5.27. The van der Waals surface area contributed by atoms with Gasteiger partial charge >= 0.3 is 0 Å². The Morgan fingerprint density at radius 2 is 2.06 bits per heavy atom. The van der Waals surface area contributed by atoms with E-state index in [1.165, 1.54) is 11.3 Å². The van der Waals surface area contributed by atoms with E-state index in [4.69, 9.17) is 11.6 Å². The molecule has 1 heterocycles. The summed E-state index contributed by atoms with van der Waals surface area (Å²) in [6.07, 6.45) is 0.755. The molecule has 7 heteroatoms. The van der Waals surface area contributed by atoms with Crippen molar-refractivity contribution in [1.29, 1.82) is 0 Å². The molecule has 1 aromatic rings. The molecule has 0 radical (unpaired) electrons. The fourth-order valence-corrected chi connectivity index (χ4v) is 5.22. The third kappa shape index (κ3) is 5.57. The number of thiophene rings is 1. The van der Waals surface area contributed by atoms with Crippen molar-refractivity contribution in [3.63, 3.8) is 0 Å². The Morgan fingerprint density at radius 1 is 1.44 bits per heavy atom. The van der Waals surface area contributed by atoms with E-state index in [9.17, 15) is 8.42 Å². The number of nitrogens with one attached hydrogen (secondary N) is 1. The lowest BCUT2D eigenvalue weighted by molar-refractivity contribution is 0.369. The highest BCUT2D eigenvalue weighted by molar-refractivity contribution is 9.11. The van der Waals surface area contributed by atoms with Crippen LogP contribution in [0.1, 0.15) is 27.2 Å². The second-order valence-corrected chi connectivity index (χ2v) is 10.3. The van der Waals surface area contributed by atoms with Gasteiger partial charge in [0.1, 0.15) is 4.21 Å². The van der Waals surface area contributed by atoms with Gasteiger partial charge in [-0.15, -0.1) is 22.9 Å². The van der Waals surface area contributed by atoms with Crippen molar-refractivity contribution in [3.05, 3.63) is 15.9 Å². The minimum atomic E-state index is -3.44. The van der Waals surface area contributed by atoms with Gasteiger partial charge in [0.2, 0.25) is 10.0 Å². The van der Waals surface area contributed by atoms with Gasteiger partial charge in [-0.05, 0) is 39.9 Å². The summed E-state index contributed by atoms with van der Waals surface area (Å²) in [7, 11) is -3.44. The molecule has 0 saturated carbocycles. The molecule has 1 atom stereocenters. The quantitative estimate of drug-likeness (QED) is 0.796. The minimum Gasteiger partial charge on any atom is -0.209 e. The summed E-state index contributed by atoms with van der Waals surface area (Å²) in [5.41, 5.74) is 0.0871. The average Bonchev–Trinajstić information content (AvgIpc) is 2.60. The molecule has 18 heavy (non-hydrogen) atoms. The van der Waals surface area contributed by atoms with E-state index in [2.05, 4.69) is 41.4 Å². The van der Waals surface area contributed by atoms with E-state index < -0.39 is 10.0 Å². The molecule has 1 aromatic heterocycles. The molecule has 0 spiro atoms. The standard InChI is InChI=1S/C11H17BrClNO2S2/c1-11(2,3)6-8(13)7-14-18(15,16)10-5-4-9(12)17-10/h4-5,8,14H,6-7H2,1-3H3. The molecule has 104 valence electrons. The topological polar surface area (TPSA) is 46.2 Å². The first kappa shape index (κ1) is 16.4. The zero-order valence-electron chi connectivity index (χ0n) is 10.5. The van der Waals surface area contributed by atoms with Crippen molar-refractivity contribution in [2.45, 2.75) is 36.8 Å². The molecule has 0 amide bonds. The molecular weight excluding hydrogens is 358 g/mol. The Bertz CT molecular complexity index is 493. The molecule has 0 bridgehead atoms. The number of hydrogen-bond acceptors (Lipinski definition) is 3. The number of rotatable bonds is 5. The Hall–Kier alpha value is 0.380. The van der Waals surface area contributed by atoms with Crippen molar-refractivity contribution in [2.75, 3.05) is 6.54 Å². The highest BCUT2D eigenvalue weighted by atomic mass is 79.9. The van der Waals surface area contributed by atoms with Crippen molar-refractivity contribution >= 4 is 48.9 Å². The van der Waals surface area contributed by atoms with Gasteiger partial charge in [-0.3, -0.25) is 0 Å². The van der Waals surface area contributed by atoms with Crippen LogP contribution < -0.4 is 4.72 Å². The maximum absolute atomic E-state index is 11.9. The molecular formula is C11H17BrClNO2S2. The van der Waals surface area contributed by atoms with E-state index in [-0.39, 0.29) is 17.3 Å². The summed E-state index contributed by atoms with van der Waals surface area (Å²) in [5, 5.41) is -0.205. The third-order valence-corrected chi connectivity index (χ3v) is 5.99. The van der Waals surface area contributed by atoms with Crippen molar-refractivity contribution in [1.82, 2.24) is 4.72 Å². The van der Waals surface area contributed by atoms with Gasteiger partial charge in [-0.2, -0.15) is 0 Å². The summed E-state index contributed by atoms with van der Waals surface area (Å²) in [6, 6.07) is 3.29. The summed E-state index contributed by atoms with van der Waals surface area (Å²) in [4.78, 5) is 0. The Morgan fingerprint density at radius 3 is 2.50 bits per heavy atom. The Balaban J connectivity index is 2.58. The highest BCUT2D eigenvalue weighted by Crippen LogP contribution is 2.26. The first-order valence-corrected chi connectivity index (χ1v) is 9.02. The van der Waals surface area contributed by atoms with Crippen LogP contribution in [0.25, 0.3) is 0 Å². The van der Waals surface area contributed by atoms with Crippen LogP contribution >= 0.6 is 38.9 Å². The summed E-state index contributed by atoms with van der Waals surface area (Å²) >= 11 is 10.6. The molecule has 0 saturated heterocycles. The summed E-state index contributed by atoms with van der Waals surface area (Å²) in [6.45, 7) is 6.48. The van der Waals surface area contributed by atoms with Crippen LogP contribution in [0.15, 0.2) is 20.1 Å². The predicted molar refractivity (Wildman–Crippen MR) is 80.9 cm³/mol. The molecule has 0 fully saturated rings. The van der Waals surface area contributed by atoms with E-state index in [0.29, 0.717) is 4.21 Å². The van der Waals surface area contributed by atoms with E-state index in [1.54, 1.807) is 12.1 Å². The Labute approximate surface area is 126 Å². The maximum atomic E-state index is 11.9. The molecule has 3 nitrogen and oxygen atoms in total. The van der Waals surface area contributed by atoms with Crippen molar-refractivity contribution in [2.24, 2.45) is 5.41 Å². The maximum Gasteiger partial charge on any atom is 0.250 e. The van der Waals surface area contributed by atoms with Gasteiger partial charge in [0.15, 0.2) is 0 Å². The zero-order valence-corrected chi connectivity index (χ0v) is 14.5. The number of alkyl halides is 1. The van der Waals surface area contributed by atoms with Crippen LogP contribution in [0.2, 0.25) is 0 Å². The van der Waals surface area contributed by atoms with Gasteiger partial charge in [-0.25, -0.2) is 13.1 Å². The molecule has 1 N–H and O–H groups in total. The van der Waals surface area contributed by atoms with E-state index in [0.717, 1.165) is 10.2 Å². The molecule has 0 aliphatic carbocycles. The zero-order chi connectivity index (χ0) is 14.0. The fourth-order valence-electron chi connectivity index (χ4n) is 1.45. The lowest BCUT2D eigenvalue weighted by Gasteiger charge is -2.21. The monoisotopic (exact) mass is 373 g/mol. The van der Waals surface area contributed by atoms with E-state index >= 15 is 0 Å². The van der Waals surface area contributed by atoms with Crippen LogP contribution in [0, 0.1) is 5.41 Å². The molecule has 1 rings (SSSR count). The molecule has 0 aromatic carbocycles. The average molecular weight is 375 g/mol. The number of hydrogen-bond donors (Lipinski definition) is 1. The van der Waals surface area contributed by atoms with Crippen molar-refractivity contribution < 1.29 is 8.42 Å². The predicted octanol–water partition coefficient (Wildman–Crippen LogP) is 3.83.